The van der Waals surface area contributed by atoms with Crippen molar-refractivity contribution in [1.82, 2.24) is 5.16 Å². The maximum atomic E-state index is 12.3. The van der Waals surface area contributed by atoms with Gasteiger partial charge in [-0.15, -0.1) is 0 Å². The monoisotopic (exact) mass is 383 g/mol. The summed E-state index contributed by atoms with van der Waals surface area (Å²) >= 11 is 5.97. The minimum Gasteiger partial charge on any atom is -0.355 e. The molecule has 7 heteroatoms. The van der Waals surface area contributed by atoms with Crippen molar-refractivity contribution in [3.05, 3.63) is 65.3 Å². The molecule has 0 atom stereocenters. The predicted molar refractivity (Wildman–Crippen MR) is 105 cm³/mol. The highest BCUT2D eigenvalue weighted by molar-refractivity contribution is 6.30. The second kappa shape index (κ2) is 8.05. The van der Waals surface area contributed by atoms with Gasteiger partial charge in [-0.2, -0.15) is 0 Å². The van der Waals surface area contributed by atoms with Crippen molar-refractivity contribution < 1.29 is 14.1 Å². The molecule has 3 aromatic rings. The lowest BCUT2D eigenvalue weighted by molar-refractivity contribution is -0.118. The smallest absolute Gasteiger partial charge is 0.277 e. The zero-order valence-corrected chi connectivity index (χ0v) is 15.6. The van der Waals surface area contributed by atoms with E-state index in [-0.39, 0.29) is 17.5 Å². The SMILES string of the molecule is CC(C)C(=O)Nc1ccc(NC(=O)c2cc(-c3cccc(Cl)c3)on2)cc1. The van der Waals surface area contributed by atoms with Crippen molar-refractivity contribution >= 4 is 34.8 Å². The molecule has 0 radical (unpaired) electrons. The number of hydrogen-bond donors (Lipinski definition) is 2. The van der Waals surface area contributed by atoms with E-state index in [0.717, 1.165) is 5.56 Å². The fourth-order valence-corrected chi connectivity index (χ4v) is 2.47. The molecule has 27 heavy (non-hydrogen) atoms. The molecule has 0 aliphatic rings. The number of aromatic nitrogens is 1. The van der Waals surface area contributed by atoms with E-state index < -0.39 is 5.91 Å². The average molecular weight is 384 g/mol. The number of nitrogens with one attached hydrogen (secondary N) is 2. The van der Waals surface area contributed by atoms with Crippen LogP contribution in [0.25, 0.3) is 11.3 Å². The highest BCUT2D eigenvalue weighted by atomic mass is 35.5. The summed E-state index contributed by atoms with van der Waals surface area (Å²) < 4.78 is 5.23. The van der Waals surface area contributed by atoms with Gasteiger partial charge in [-0.05, 0) is 36.4 Å². The van der Waals surface area contributed by atoms with Crippen molar-refractivity contribution in [2.75, 3.05) is 10.6 Å². The predicted octanol–water partition coefficient (Wildman–Crippen LogP) is 4.84. The van der Waals surface area contributed by atoms with Crippen LogP contribution in [0.15, 0.2) is 59.1 Å². The molecule has 2 amide bonds. The van der Waals surface area contributed by atoms with Crippen LogP contribution < -0.4 is 10.6 Å². The van der Waals surface area contributed by atoms with Gasteiger partial charge in [0.1, 0.15) is 0 Å². The van der Waals surface area contributed by atoms with Gasteiger partial charge >= 0.3 is 0 Å². The summed E-state index contributed by atoms with van der Waals surface area (Å²) in [6.07, 6.45) is 0. The van der Waals surface area contributed by atoms with Crippen LogP contribution in [0.3, 0.4) is 0 Å². The first-order chi connectivity index (χ1) is 12.9. The van der Waals surface area contributed by atoms with E-state index in [1.165, 1.54) is 0 Å². The van der Waals surface area contributed by atoms with E-state index >= 15 is 0 Å². The number of amides is 2. The van der Waals surface area contributed by atoms with Gasteiger partial charge in [-0.1, -0.05) is 42.7 Å². The number of halogens is 1. The number of nitrogens with zero attached hydrogens (tertiary/aromatic N) is 1. The molecule has 2 N–H and O–H groups in total. The molecule has 2 aromatic carbocycles. The van der Waals surface area contributed by atoms with Crippen LogP contribution >= 0.6 is 11.6 Å². The van der Waals surface area contributed by atoms with Gasteiger partial charge in [0.2, 0.25) is 5.91 Å². The summed E-state index contributed by atoms with van der Waals surface area (Å²) in [4.78, 5) is 24.0. The van der Waals surface area contributed by atoms with Crippen LogP contribution in [0.2, 0.25) is 5.02 Å². The van der Waals surface area contributed by atoms with Gasteiger partial charge < -0.3 is 15.2 Å². The van der Waals surface area contributed by atoms with Crippen molar-refractivity contribution in [3.63, 3.8) is 0 Å². The molecule has 0 bridgehead atoms. The van der Waals surface area contributed by atoms with Crippen molar-refractivity contribution in [2.45, 2.75) is 13.8 Å². The number of carbonyl (C=O) groups excluding carboxylic acids is 2. The molecule has 0 saturated carbocycles. The van der Waals surface area contributed by atoms with E-state index in [0.29, 0.717) is 22.2 Å². The maximum Gasteiger partial charge on any atom is 0.277 e. The molecule has 1 aromatic heterocycles. The Bertz CT molecular complexity index is 965. The van der Waals surface area contributed by atoms with Crippen LogP contribution in [-0.4, -0.2) is 17.0 Å². The molecule has 0 fully saturated rings. The van der Waals surface area contributed by atoms with Gasteiger partial charge in [0.25, 0.3) is 5.91 Å². The Kier molecular flexibility index (Phi) is 5.57. The Labute approximate surface area is 161 Å². The molecule has 1 heterocycles. The summed E-state index contributed by atoms with van der Waals surface area (Å²) in [5.74, 6) is -0.117. The molecule has 3 rings (SSSR count). The topological polar surface area (TPSA) is 84.2 Å². The molecule has 138 valence electrons. The van der Waals surface area contributed by atoms with E-state index in [1.54, 1.807) is 48.5 Å². The Morgan fingerprint density at radius 3 is 2.30 bits per heavy atom. The van der Waals surface area contributed by atoms with E-state index in [9.17, 15) is 9.59 Å². The van der Waals surface area contributed by atoms with Crippen LogP contribution in [0.4, 0.5) is 11.4 Å². The van der Waals surface area contributed by atoms with Gasteiger partial charge in [-0.3, -0.25) is 9.59 Å². The van der Waals surface area contributed by atoms with Crippen LogP contribution in [-0.2, 0) is 4.79 Å². The van der Waals surface area contributed by atoms with E-state index in [1.807, 2.05) is 19.9 Å². The second-order valence-electron chi connectivity index (χ2n) is 6.26. The van der Waals surface area contributed by atoms with Crippen molar-refractivity contribution in [1.29, 1.82) is 0 Å². The third-order valence-corrected chi connectivity index (χ3v) is 4.02. The summed E-state index contributed by atoms with van der Waals surface area (Å²) in [6, 6.07) is 15.5. The summed E-state index contributed by atoms with van der Waals surface area (Å²) in [7, 11) is 0. The minimum absolute atomic E-state index is 0.0667. The molecule has 0 aliphatic carbocycles. The Hall–Kier alpha value is -3.12. The average Bonchev–Trinajstić information content (AvgIpc) is 3.13. The minimum atomic E-state index is -0.397. The zero-order chi connectivity index (χ0) is 19.4. The zero-order valence-electron chi connectivity index (χ0n) is 14.8. The molecule has 0 saturated heterocycles. The first kappa shape index (κ1) is 18.7. The molecule has 0 unspecified atom stereocenters. The second-order valence-corrected chi connectivity index (χ2v) is 6.70. The standard InChI is InChI=1S/C20H18ClN3O3/c1-12(2)19(25)22-15-6-8-16(9-7-15)23-20(26)17-11-18(27-24-17)13-4-3-5-14(21)10-13/h3-12H,1-2H3,(H,22,25)(H,23,26). The van der Waals surface area contributed by atoms with Gasteiger partial charge in [0, 0.05) is 33.9 Å². The molecule has 6 nitrogen and oxygen atoms in total. The number of benzene rings is 2. The quantitative estimate of drug-likeness (QED) is 0.660. The van der Waals surface area contributed by atoms with Crippen LogP contribution in [0, 0.1) is 5.92 Å². The molecule has 0 aliphatic heterocycles. The maximum absolute atomic E-state index is 12.3. The summed E-state index contributed by atoms with van der Waals surface area (Å²) in [6.45, 7) is 3.64. The van der Waals surface area contributed by atoms with Gasteiger partial charge in [0.15, 0.2) is 11.5 Å². The third-order valence-electron chi connectivity index (χ3n) is 3.79. The Balaban J connectivity index is 1.66. The molecule has 0 spiro atoms. The van der Waals surface area contributed by atoms with Crippen LogP contribution in [0.1, 0.15) is 24.3 Å². The fraction of sp³-hybridized carbons (Fsp3) is 0.150. The van der Waals surface area contributed by atoms with Crippen molar-refractivity contribution in [2.24, 2.45) is 5.92 Å². The van der Waals surface area contributed by atoms with Gasteiger partial charge in [0.05, 0.1) is 0 Å². The Morgan fingerprint density at radius 1 is 1.00 bits per heavy atom. The van der Waals surface area contributed by atoms with Gasteiger partial charge in [-0.25, -0.2) is 0 Å². The first-order valence-corrected chi connectivity index (χ1v) is 8.75. The van der Waals surface area contributed by atoms with Crippen LogP contribution in [0.5, 0.6) is 0 Å². The van der Waals surface area contributed by atoms with Crippen molar-refractivity contribution in [3.8, 4) is 11.3 Å². The summed E-state index contributed by atoms with van der Waals surface area (Å²) in [5, 5.41) is 9.90. The van der Waals surface area contributed by atoms with E-state index in [4.69, 9.17) is 16.1 Å². The Morgan fingerprint density at radius 2 is 1.67 bits per heavy atom. The number of rotatable bonds is 5. The number of anilines is 2. The first-order valence-electron chi connectivity index (χ1n) is 8.37. The fourth-order valence-electron chi connectivity index (χ4n) is 2.28. The highest BCUT2D eigenvalue weighted by Crippen LogP contribution is 2.24. The molecular weight excluding hydrogens is 366 g/mol. The largest absolute Gasteiger partial charge is 0.355 e. The number of hydrogen-bond acceptors (Lipinski definition) is 4. The number of carbonyl (C=O) groups is 2. The normalized spacial score (nSPS) is 10.7. The summed E-state index contributed by atoms with van der Waals surface area (Å²) in [5.41, 5.74) is 2.13. The molecular formula is C20H18ClN3O3. The highest BCUT2D eigenvalue weighted by Gasteiger charge is 2.14. The lowest BCUT2D eigenvalue weighted by Crippen LogP contribution is -2.17. The lowest BCUT2D eigenvalue weighted by Gasteiger charge is -2.08. The third kappa shape index (κ3) is 4.74. The lowest BCUT2D eigenvalue weighted by atomic mass is 10.1. The van der Waals surface area contributed by atoms with E-state index in [2.05, 4.69) is 15.8 Å².